The molecule has 0 heterocycles. The van der Waals surface area contributed by atoms with E-state index in [9.17, 15) is 0 Å². The summed E-state index contributed by atoms with van der Waals surface area (Å²) >= 11 is 0. The number of benzene rings is 10. The Morgan fingerprint density at radius 3 is 1.03 bits per heavy atom. The van der Waals surface area contributed by atoms with E-state index in [4.69, 9.17) is 0 Å². The minimum absolute atomic E-state index is 0.137. The molecule has 0 nitrogen and oxygen atoms in total. The molecule has 2 aliphatic rings. The first-order valence-electron chi connectivity index (χ1n) is 22.6. The Labute approximate surface area is 377 Å². The minimum Gasteiger partial charge on any atom is -0.0622 e. The fourth-order valence-corrected chi connectivity index (χ4v) is 10.9. The standard InChI is InChI=1S/C64H48/c1-63(2)59-37-48(43-25-23-42(24-26-43)46-18-10-17-45(35-46)41-13-6-5-7-14-41)27-31-55(59)57-33-29-50(39-61(57)63)51-30-34-58-56-32-28-49(38-60(56)64(3,4)62(58)40-51)47-19-11-20-52(36-47)54-22-12-16-44-15-8-9-21-53(44)54/h5-40H,1-4H3. The van der Waals surface area contributed by atoms with Gasteiger partial charge < -0.3 is 0 Å². The van der Waals surface area contributed by atoms with Crippen molar-refractivity contribution in [2.24, 2.45) is 0 Å². The SMILES string of the molecule is CC1(C)c2cc(-c3ccc(-c4cccc(-c5ccccc5)c4)cc3)ccc2-c2ccc(-c3ccc4c(c3)C(C)(C)c3cc(-c5cccc(-c6cccc7ccccc67)c5)ccc3-4)cc21. The Hall–Kier alpha value is -7.54. The summed E-state index contributed by atoms with van der Waals surface area (Å²) < 4.78 is 0. The first-order chi connectivity index (χ1) is 31.2. The molecular formula is C64H48. The maximum Gasteiger partial charge on any atom is 0.0159 e. The van der Waals surface area contributed by atoms with E-state index in [2.05, 4.69) is 246 Å². The molecule has 0 amide bonds. The van der Waals surface area contributed by atoms with E-state index in [-0.39, 0.29) is 10.8 Å². The molecule has 0 saturated heterocycles. The maximum absolute atomic E-state index is 2.46. The van der Waals surface area contributed by atoms with Crippen molar-refractivity contribution in [3.63, 3.8) is 0 Å². The minimum atomic E-state index is -0.142. The van der Waals surface area contributed by atoms with Crippen molar-refractivity contribution in [2.75, 3.05) is 0 Å². The molecule has 0 radical (unpaired) electrons. The van der Waals surface area contributed by atoms with E-state index >= 15 is 0 Å². The number of fused-ring (bicyclic) bond motifs is 7. The van der Waals surface area contributed by atoms with Gasteiger partial charge in [-0.05, 0) is 158 Å². The Balaban J connectivity index is 0.821. The summed E-state index contributed by atoms with van der Waals surface area (Å²) in [6.45, 7) is 9.58. The molecule has 0 saturated carbocycles. The predicted octanol–water partition coefficient (Wildman–Crippen LogP) is 17.5. The van der Waals surface area contributed by atoms with Crippen molar-refractivity contribution >= 4 is 10.8 Å². The van der Waals surface area contributed by atoms with E-state index in [0.717, 1.165) is 0 Å². The van der Waals surface area contributed by atoms with Crippen LogP contribution in [0, 0.1) is 0 Å². The van der Waals surface area contributed by atoms with Crippen LogP contribution in [0.3, 0.4) is 0 Å². The van der Waals surface area contributed by atoms with Gasteiger partial charge in [0.25, 0.3) is 0 Å². The van der Waals surface area contributed by atoms with E-state index in [0.29, 0.717) is 0 Å². The van der Waals surface area contributed by atoms with Gasteiger partial charge in [-0.25, -0.2) is 0 Å². The molecule has 0 aromatic heterocycles. The highest BCUT2D eigenvalue weighted by molar-refractivity contribution is 5.97. The second-order valence-electron chi connectivity index (χ2n) is 18.9. The highest BCUT2D eigenvalue weighted by atomic mass is 14.4. The molecule has 12 rings (SSSR count). The van der Waals surface area contributed by atoms with Gasteiger partial charge >= 0.3 is 0 Å². The van der Waals surface area contributed by atoms with E-state index in [1.807, 2.05) is 0 Å². The van der Waals surface area contributed by atoms with Crippen molar-refractivity contribution in [3.8, 4) is 89.0 Å². The molecule has 304 valence electrons. The summed E-state index contributed by atoms with van der Waals surface area (Å²) in [7, 11) is 0. The van der Waals surface area contributed by atoms with Crippen LogP contribution in [0.4, 0.5) is 0 Å². The molecule has 10 aromatic rings. The van der Waals surface area contributed by atoms with Crippen molar-refractivity contribution in [3.05, 3.63) is 241 Å². The number of hydrogen-bond donors (Lipinski definition) is 0. The summed E-state index contributed by atoms with van der Waals surface area (Å²) in [6, 6.07) is 81.4. The van der Waals surface area contributed by atoms with Crippen LogP contribution < -0.4 is 0 Å². The molecule has 0 N–H and O–H groups in total. The monoisotopic (exact) mass is 816 g/mol. The van der Waals surface area contributed by atoms with Crippen LogP contribution in [-0.2, 0) is 10.8 Å². The fourth-order valence-electron chi connectivity index (χ4n) is 10.9. The summed E-state index contributed by atoms with van der Waals surface area (Å²) in [6.07, 6.45) is 0. The Kier molecular flexibility index (Phi) is 8.65. The first kappa shape index (κ1) is 38.2. The summed E-state index contributed by atoms with van der Waals surface area (Å²) in [5.74, 6) is 0. The van der Waals surface area contributed by atoms with Crippen molar-refractivity contribution in [1.29, 1.82) is 0 Å². The Morgan fingerprint density at radius 2 is 0.531 bits per heavy atom. The second-order valence-corrected chi connectivity index (χ2v) is 18.9. The topological polar surface area (TPSA) is 0 Å². The highest BCUT2D eigenvalue weighted by Crippen LogP contribution is 2.53. The molecule has 2 aliphatic carbocycles. The maximum atomic E-state index is 2.46. The van der Waals surface area contributed by atoms with E-state index in [1.54, 1.807) is 0 Å². The zero-order valence-electron chi connectivity index (χ0n) is 36.8. The second kappa shape index (κ2) is 14.5. The molecular weight excluding hydrogens is 769 g/mol. The lowest BCUT2D eigenvalue weighted by Crippen LogP contribution is -2.15. The summed E-state index contributed by atoms with van der Waals surface area (Å²) in [5, 5.41) is 2.55. The Bertz CT molecular complexity index is 3460. The van der Waals surface area contributed by atoms with Gasteiger partial charge in [0.05, 0.1) is 0 Å². The molecule has 0 spiro atoms. The summed E-state index contributed by atoms with van der Waals surface area (Å²) in [4.78, 5) is 0. The number of hydrogen-bond acceptors (Lipinski definition) is 0. The molecule has 0 atom stereocenters. The highest BCUT2D eigenvalue weighted by Gasteiger charge is 2.38. The number of rotatable bonds is 6. The van der Waals surface area contributed by atoms with E-state index < -0.39 is 0 Å². The van der Waals surface area contributed by atoms with Crippen molar-refractivity contribution < 1.29 is 0 Å². The van der Waals surface area contributed by atoms with Crippen LogP contribution in [0.15, 0.2) is 218 Å². The van der Waals surface area contributed by atoms with Gasteiger partial charge in [0, 0.05) is 10.8 Å². The molecule has 0 bridgehead atoms. The third-order valence-corrected chi connectivity index (χ3v) is 14.5. The van der Waals surface area contributed by atoms with Gasteiger partial charge in [0.15, 0.2) is 0 Å². The van der Waals surface area contributed by atoms with Crippen molar-refractivity contribution in [2.45, 2.75) is 38.5 Å². The molecule has 64 heavy (non-hydrogen) atoms. The molecule has 0 fully saturated rings. The van der Waals surface area contributed by atoms with Crippen LogP contribution in [0.1, 0.15) is 49.9 Å². The third kappa shape index (κ3) is 6.12. The molecule has 0 unspecified atom stereocenters. The van der Waals surface area contributed by atoms with Gasteiger partial charge in [0.2, 0.25) is 0 Å². The average Bonchev–Trinajstić information content (AvgIpc) is 3.72. The molecule has 10 aromatic carbocycles. The van der Waals surface area contributed by atoms with Crippen LogP contribution >= 0.6 is 0 Å². The normalized spacial score (nSPS) is 13.9. The fraction of sp³-hybridized carbons (Fsp3) is 0.0938. The first-order valence-corrected chi connectivity index (χ1v) is 22.6. The van der Waals surface area contributed by atoms with Crippen LogP contribution in [-0.4, -0.2) is 0 Å². The van der Waals surface area contributed by atoms with Crippen LogP contribution in [0.2, 0.25) is 0 Å². The lowest BCUT2D eigenvalue weighted by Gasteiger charge is -2.24. The van der Waals surface area contributed by atoms with E-state index in [1.165, 1.54) is 122 Å². The zero-order chi connectivity index (χ0) is 43.2. The van der Waals surface area contributed by atoms with Gasteiger partial charge in [-0.1, -0.05) is 210 Å². The van der Waals surface area contributed by atoms with Crippen molar-refractivity contribution in [1.82, 2.24) is 0 Å². The third-order valence-electron chi connectivity index (χ3n) is 14.5. The quantitative estimate of drug-likeness (QED) is 0.157. The van der Waals surface area contributed by atoms with Gasteiger partial charge in [-0.3, -0.25) is 0 Å². The lowest BCUT2D eigenvalue weighted by atomic mass is 9.79. The predicted molar refractivity (Wildman–Crippen MR) is 272 cm³/mol. The summed E-state index contributed by atoms with van der Waals surface area (Å²) in [5.41, 5.74) is 25.6. The smallest absolute Gasteiger partial charge is 0.0159 e. The molecule has 0 heteroatoms. The van der Waals surface area contributed by atoms with Gasteiger partial charge in [0.1, 0.15) is 0 Å². The van der Waals surface area contributed by atoms with Gasteiger partial charge in [-0.2, -0.15) is 0 Å². The van der Waals surface area contributed by atoms with Crippen LogP contribution in [0.5, 0.6) is 0 Å². The average molecular weight is 817 g/mol. The Morgan fingerprint density at radius 1 is 0.219 bits per heavy atom. The van der Waals surface area contributed by atoms with Crippen LogP contribution in [0.25, 0.3) is 99.8 Å². The van der Waals surface area contributed by atoms with Gasteiger partial charge in [-0.15, -0.1) is 0 Å². The zero-order valence-corrected chi connectivity index (χ0v) is 36.8. The lowest BCUT2D eigenvalue weighted by molar-refractivity contribution is 0.660. The largest absolute Gasteiger partial charge is 0.0622 e. The molecule has 0 aliphatic heterocycles.